The Hall–Kier alpha value is -1.20. The first-order chi connectivity index (χ1) is 9.02. The van der Waals surface area contributed by atoms with Crippen LogP contribution in [0.15, 0.2) is 22.7 Å². The Labute approximate surface area is 124 Å². The van der Waals surface area contributed by atoms with Gasteiger partial charge in [0.1, 0.15) is 17.5 Å². The molecule has 0 aliphatic heterocycles. The second-order valence-corrected chi connectivity index (χ2v) is 5.22. The topological polar surface area (TPSA) is 51.8 Å². The van der Waals surface area contributed by atoms with Crippen molar-refractivity contribution in [3.8, 4) is 0 Å². The molecule has 0 amide bonds. The molecule has 1 aromatic heterocycles. The molecule has 1 aromatic carbocycles. The normalized spacial score (nSPS) is 10.7. The molecular formula is C13H12BrClFN3. The monoisotopic (exact) mass is 343 g/mol. The average Bonchev–Trinajstić information content (AvgIpc) is 2.38. The average molecular weight is 345 g/mol. The third kappa shape index (κ3) is 3.04. The van der Waals surface area contributed by atoms with Gasteiger partial charge in [0, 0.05) is 17.0 Å². The highest BCUT2D eigenvalue weighted by atomic mass is 79.9. The van der Waals surface area contributed by atoms with Crippen LogP contribution in [0.1, 0.15) is 24.0 Å². The number of hydrogen-bond acceptors (Lipinski definition) is 3. The summed E-state index contributed by atoms with van der Waals surface area (Å²) in [6.07, 6.45) is 0.932. The van der Waals surface area contributed by atoms with Gasteiger partial charge in [-0.2, -0.15) is 0 Å². The SMILES string of the molecule is CCc1nc(Cc2c(F)cccc2Cl)nc(N)c1Br. The smallest absolute Gasteiger partial charge is 0.141 e. The summed E-state index contributed by atoms with van der Waals surface area (Å²) in [6, 6.07) is 4.57. The summed E-state index contributed by atoms with van der Waals surface area (Å²) in [4.78, 5) is 8.52. The molecule has 0 bridgehead atoms. The Balaban J connectivity index is 2.41. The molecular weight excluding hydrogens is 333 g/mol. The molecule has 0 fully saturated rings. The van der Waals surface area contributed by atoms with Crippen LogP contribution in [0.25, 0.3) is 0 Å². The zero-order valence-corrected chi connectivity index (χ0v) is 12.6. The Morgan fingerprint density at radius 1 is 1.37 bits per heavy atom. The Morgan fingerprint density at radius 2 is 2.11 bits per heavy atom. The van der Waals surface area contributed by atoms with Crippen molar-refractivity contribution in [2.75, 3.05) is 5.73 Å². The molecule has 0 radical (unpaired) electrons. The fraction of sp³-hybridized carbons (Fsp3) is 0.231. The van der Waals surface area contributed by atoms with Crippen LogP contribution in [0, 0.1) is 5.82 Å². The quantitative estimate of drug-likeness (QED) is 0.922. The van der Waals surface area contributed by atoms with Crippen molar-refractivity contribution in [2.45, 2.75) is 19.8 Å². The molecule has 1 heterocycles. The van der Waals surface area contributed by atoms with Gasteiger partial charge in [-0.1, -0.05) is 24.6 Å². The third-order valence-corrected chi connectivity index (χ3v) is 3.94. The number of benzene rings is 1. The minimum Gasteiger partial charge on any atom is -0.383 e. The summed E-state index contributed by atoms with van der Waals surface area (Å²) < 4.78 is 14.4. The van der Waals surface area contributed by atoms with E-state index in [9.17, 15) is 4.39 Å². The van der Waals surface area contributed by atoms with Gasteiger partial charge in [-0.05, 0) is 34.5 Å². The van der Waals surface area contributed by atoms with E-state index < -0.39 is 0 Å². The van der Waals surface area contributed by atoms with Crippen molar-refractivity contribution in [3.63, 3.8) is 0 Å². The maximum Gasteiger partial charge on any atom is 0.141 e. The standard InChI is InChI=1S/C13H12BrClFN3/c1-2-10-12(14)13(17)19-11(18-10)6-7-8(15)4-3-5-9(7)16/h3-5H,2,6H2,1H3,(H2,17,18,19). The first kappa shape index (κ1) is 14.2. The van der Waals surface area contributed by atoms with Gasteiger partial charge in [0.05, 0.1) is 10.2 Å². The maximum absolute atomic E-state index is 13.7. The predicted octanol–water partition coefficient (Wildman–Crippen LogP) is 3.77. The van der Waals surface area contributed by atoms with Crippen LogP contribution >= 0.6 is 27.5 Å². The number of anilines is 1. The molecule has 0 unspecified atom stereocenters. The maximum atomic E-state index is 13.7. The molecule has 2 aromatic rings. The molecule has 2 rings (SSSR count). The molecule has 0 atom stereocenters. The molecule has 6 heteroatoms. The zero-order chi connectivity index (χ0) is 14.0. The molecule has 0 aliphatic rings. The number of nitrogens with two attached hydrogens (primary N) is 1. The molecule has 0 spiro atoms. The summed E-state index contributed by atoms with van der Waals surface area (Å²) in [7, 11) is 0. The second kappa shape index (κ2) is 5.84. The second-order valence-electron chi connectivity index (χ2n) is 4.02. The summed E-state index contributed by atoms with van der Waals surface area (Å²) in [5.74, 6) is 0.453. The summed E-state index contributed by atoms with van der Waals surface area (Å²) in [5.41, 5.74) is 6.99. The number of aromatic nitrogens is 2. The summed E-state index contributed by atoms with van der Waals surface area (Å²) in [6.45, 7) is 1.96. The molecule has 3 nitrogen and oxygen atoms in total. The molecule has 2 N–H and O–H groups in total. The van der Waals surface area contributed by atoms with E-state index in [1.807, 2.05) is 6.92 Å². The van der Waals surface area contributed by atoms with Crippen LogP contribution in [-0.4, -0.2) is 9.97 Å². The molecule has 0 saturated carbocycles. The highest BCUT2D eigenvalue weighted by Crippen LogP contribution is 2.25. The fourth-order valence-electron chi connectivity index (χ4n) is 1.74. The van der Waals surface area contributed by atoms with Gasteiger partial charge < -0.3 is 5.73 Å². The highest BCUT2D eigenvalue weighted by molar-refractivity contribution is 9.10. The third-order valence-electron chi connectivity index (χ3n) is 2.72. The van der Waals surface area contributed by atoms with Crippen molar-refractivity contribution in [2.24, 2.45) is 0 Å². The summed E-state index contributed by atoms with van der Waals surface area (Å²) in [5, 5.41) is 0.364. The molecule has 100 valence electrons. The first-order valence-corrected chi connectivity index (χ1v) is 6.93. The number of nitrogen functional groups attached to an aromatic ring is 1. The lowest BCUT2D eigenvalue weighted by molar-refractivity contribution is 0.612. The van der Waals surface area contributed by atoms with Gasteiger partial charge in [0.15, 0.2) is 0 Å². The van der Waals surface area contributed by atoms with Crippen LogP contribution in [0.2, 0.25) is 5.02 Å². The first-order valence-electron chi connectivity index (χ1n) is 5.76. The van der Waals surface area contributed by atoms with Crippen molar-refractivity contribution < 1.29 is 4.39 Å². The van der Waals surface area contributed by atoms with Crippen LogP contribution in [0.4, 0.5) is 10.2 Å². The lowest BCUT2D eigenvalue weighted by Crippen LogP contribution is -2.06. The molecule has 0 saturated heterocycles. The van der Waals surface area contributed by atoms with Gasteiger partial charge in [0.2, 0.25) is 0 Å². The van der Waals surface area contributed by atoms with E-state index in [0.29, 0.717) is 33.1 Å². The fourth-order valence-corrected chi connectivity index (χ4v) is 2.43. The van der Waals surface area contributed by atoms with E-state index in [1.165, 1.54) is 6.07 Å². The Morgan fingerprint density at radius 3 is 2.74 bits per heavy atom. The lowest BCUT2D eigenvalue weighted by Gasteiger charge is -2.09. The van der Waals surface area contributed by atoms with Gasteiger partial charge in [-0.3, -0.25) is 0 Å². The van der Waals surface area contributed by atoms with E-state index in [-0.39, 0.29) is 12.2 Å². The van der Waals surface area contributed by atoms with E-state index in [1.54, 1.807) is 12.1 Å². The zero-order valence-electron chi connectivity index (χ0n) is 10.3. The number of aryl methyl sites for hydroxylation is 1. The highest BCUT2D eigenvalue weighted by Gasteiger charge is 2.13. The van der Waals surface area contributed by atoms with Crippen molar-refractivity contribution in [1.29, 1.82) is 0 Å². The predicted molar refractivity (Wildman–Crippen MR) is 77.7 cm³/mol. The minimum absolute atomic E-state index is 0.218. The number of hydrogen-bond donors (Lipinski definition) is 1. The van der Waals surface area contributed by atoms with E-state index in [4.69, 9.17) is 17.3 Å². The van der Waals surface area contributed by atoms with E-state index in [2.05, 4.69) is 25.9 Å². The van der Waals surface area contributed by atoms with Crippen LogP contribution < -0.4 is 5.73 Å². The largest absolute Gasteiger partial charge is 0.383 e. The van der Waals surface area contributed by atoms with Crippen molar-refractivity contribution in [3.05, 3.63) is 50.6 Å². The van der Waals surface area contributed by atoms with Crippen LogP contribution in [0.5, 0.6) is 0 Å². The van der Waals surface area contributed by atoms with Gasteiger partial charge in [-0.15, -0.1) is 0 Å². The Bertz CT molecular complexity index is 599. The molecule has 0 aliphatic carbocycles. The Kier molecular flexibility index (Phi) is 4.37. The minimum atomic E-state index is -0.365. The van der Waals surface area contributed by atoms with E-state index in [0.717, 1.165) is 5.69 Å². The van der Waals surface area contributed by atoms with Gasteiger partial charge in [0.25, 0.3) is 0 Å². The summed E-state index contributed by atoms with van der Waals surface area (Å²) >= 11 is 9.33. The van der Waals surface area contributed by atoms with Crippen LogP contribution in [0.3, 0.4) is 0 Å². The molecule has 19 heavy (non-hydrogen) atoms. The number of halogens is 3. The number of nitrogens with zero attached hydrogens (tertiary/aromatic N) is 2. The lowest BCUT2D eigenvalue weighted by atomic mass is 10.1. The van der Waals surface area contributed by atoms with Crippen molar-refractivity contribution in [1.82, 2.24) is 9.97 Å². The number of rotatable bonds is 3. The van der Waals surface area contributed by atoms with Gasteiger partial charge in [-0.25, -0.2) is 14.4 Å². The van der Waals surface area contributed by atoms with Gasteiger partial charge >= 0.3 is 0 Å². The van der Waals surface area contributed by atoms with E-state index >= 15 is 0 Å². The van der Waals surface area contributed by atoms with Crippen molar-refractivity contribution >= 4 is 33.3 Å². The van der Waals surface area contributed by atoms with Crippen LogP contribution in [-0.2, 0) is 12.8 Å².